The van der Waals surface area contributed by atoms with Crippen molar-refractivity contribution in [3.63, 3.8) is 0 Å². The van der Waals surface area contributed by atoms with E-state index in [2.05, 4.69) is 9.97 Å². The molecule has 0 amide bonds. The number of nitrogen functional groups attached to an aromatic ring is 1. The summed E-state index contributed by atoms with van der Waals surface area (Å²) in [4.78, 5) is 19.0. The van der Waals surface area contributed by atoms with Crippen LogP contribution in [0.2, 0.25) is 0 Å². The summed E-state index contributed by atoms with van der Waals surface area (Å²) in [6.07, 6.45) is -2.48. The number of ether oxygens (including phenoxy) is 1. The zero-order valence-corrected chi connectivity index (χ0v) is 11.6. The van der Waals surface area contributed by atoms with E-state index in [0.29, 0.717) is 6.42 Å². The van der Waals surface area contributed by atoms with Gasteiger partial charge in [0.2, 0.25) is 5.95 Å². The van der Waals surface area contributed by atoms with Gasteiger partial charge >= 0.3 is 5.69 Å². The van der Waals surface area contributed by atoms with Crippen LogP contribution in [0.15, 0.2) is 41.5 Å². The smallest absolute Gasteiger partial charge is 0.354 e. The Morgan fingerprint density at radius 3 is 2.64 bits per heavy atom. The summed E-state index contributed by atoms with van der Waals surface area (Å²) in [6.45, 7) is 0. The second kappa shape index (κ2) is 5.84. The van der Waals surface area contributed by atoms with E-state index in [4.69, 9.17) is 10.5 Å². The fourth-order valence-electron chi connectivity index (χ4n) is 2.50. The number of hydrogen-bond donors (Lipinski definition) is 3. The normalized spacial score (nSPS) is 27.9. The van der Waals surface area contributed by atoms with Crippen molar-refractivity contribution in [2.45, 2.75) is 31.0 Å². The lowest BCUT2D eigenvalue weighted by atomic mass is 10.0. The van der Waals surface area contributed by atoms with Gasteiger partial charge in [0, 0.05) is 6.42 Å². The number of nitrogens with two attached hydrogens (primary N) is 1. The maximum atomic E-state index is 11.8. The SMILES string of the molecule is Nc1ncn(C2O[C@H](Cc3ccccc3)[C@H](O)[C@H]2O)c(=O)n1. The molecular formula is C14H16N4O4. The summed E-state index contributed by atoms with van der Waals surface area (Å²) >= 11 is 0. The average Bonchev–Trinajstić information content (AvgIpc) is 2.77. The van der Waals surface area contributed by atoms with Crippen LogP contribution in [0.5, 0.6) is 0 Å². The minimum atomic E-state index is -1.25. The highest BCUT2D eigenvalue weighted by Gasteiger charge is 2.44. The minimum Gasteiger partial charge on any atom is -0.388 e. The monoisotopic (exact) mass is 304 g/mol. The lowest BCUT2D eigenvalue weighted by Gasteiger charge is -2.16. The van der Waals surface area contributed by atoms with Crippen LogP contribution in [-0.4, -0.2) is 43.1 Å². The first-order chi connectivity index (χ1) is 10.6. The molecule has 4 atom stereocenters. The molecule has 3 rings (SSSR count). The van der Waals surface area contributed by atoms with Gasteiger partial charge < -0.3 is 20.7 Å². The maximum absolute atomic E-state index is 11.8. The Morgan fingerprint density at radius 2 is 1.95 bits per heavy atom. The second-order valence-electron chi connectivity index (χ2n) is 5.14. The first kappa shape index (κ1) is 14.6. The number of anilines is 1. The molecule has 1 aromatic heterocycles. The Bertz CT molecular complexity index is 705. The van der Waals surface area contributed by atoms with Crippen molar-refractivity contribution >= 4 is 5.95 Å². The summed E-state index contributed by atoms with van der Waals surface area (Å²) in [5.41, 5.74) is 5.60. The molecule has 2 aromatic rings. The van der Waals surface area contributed by atoms with Gasteiger partial charge in [0.25, 0.3) is 0 Å². The third-order valence-electron chi connectivity index (χ3n) is 3.64. The number of aromatic nitrogens is 3. The largest absolute Gasteiger partial charge is 0.388 e. The second-order valence-corrected chi connectivity index (χ2v) is 5.14. The lowest BCUT2D eigenvalue weighted by molar-refractivity contribution is -0.0399. The van der Waals surface area contributed by atoms with Gasteiger partial charge in [-0.2, -0.15) is 4.98 Å². The molecule has 0 aliphatic carbocycles. The molecule has 0 spiro atoms. The number of benzene rings is 1. The van der Waals surface area contributed by atoms with E-state index in [0.717, 1.165) is 16.5 Å². The van der Waals surface area contributed by atoms with Crippen molar-refractivity contribution in [1.82, 2.24) is 14.5 Å². The molecule has 0 radical (unpaired) electrons. The molecule has 0 bridgehead atoms. The van der Waals surface area contributed by atoms with Gasteiger partial charge in [0.15, 0.2) is 6.23 Å². The van der Waals surface area contributed by atoms with Gasteiger partial charge in [-0.3, -0.25) is 4.57 Å². The van der Waals surface area contributed by atoms with Crippen molar-refractivity contribution < 1.29 is 14.9 Å². The lowest BCUT2D eigenvalue weighted by Crippen LogP contribution is -2.36. The van der Waals surface area contributed by atoms with E-state index in [1.54, 1.807) is 0 Å². The number of nitrogens with zero attached hydrogens (tertiary/aromatic N) is 3. The van der Waals surface area contributed by atoms with Crippen LogP contribution in [-0.2, 0) is 11.2 Å². The number of aliphatic hydroxyl groups is 2. The standard InChI is InChI=1S/C14H16N4O4/c15-13-16-7-18(14(21)17-13)12-11(20)10(19)9(22-12)6-8-4-2-1-3-5-8/h1-5,7,9-12,19-20H,6H2,(H2,15,17,21)/t9-,10+,11-,12?/m1/s1. The van der Waals surface area contributed by atoms with Crippen LogP contribution < -0.4 is 11.4 Å². The molecular weight excluding hydrogens is 288 g/mol. The Labute approximate surface area is 125 Å². The van der Waals surface area contributed by atoms with Crippen molar-refractivity contribution in [3.05, 3.63) is 52.7 Å². The molecule has 1 aliphatic heterocycles. The van der Waals surface area contributed by atoms with Gasteiger partial charge in [-0.15, -0.1) is 0 Å². The maximum Gasteiger partial charge on any atom is 0.354 e. The summed E-state index contributed by atoms with van der Waals surface area (Å²) < 4.78 is 6.66. The Kier molecular flexibility index (Phi) is 3.88. The van der Waals surface area contributed by atoms with Crippen LogP contribution in [0.1, 0.15) is 11.8 Å². The van der Waals surface area contributed by atoms with E-state index in [1.165, 1.54) is 0 Å². The molecule has 1 fully saturated rings. The fourth-order valence-corrected chi connectivity index (χ4v) is 2.50. The Hall–Kier alpha value is -2.29. The molecule has 4 N–H and O–H groups in total. The predicted octanol–water partition coefficient (Wildman–Crippen LogP) is -0.918. The molecule has 1 aliphatic rings. The zero-order valence-electron chi connectivity index (χ0n) is 11.6. The fraction of sp³-hybridized carbons (Fsp3) is 0.357. The van der Waals surface area contributed by atoms with Gasteiger partial charge in [-0.05, 0) is 5.56 Å². The van der Waals surface area contributed by atoms with Crippen molar-refractivity contribution in [2.24, 2.45) is 0 Å². The average molecular weight is 304 g/mol. The van der Waals surface area contributed by atoms with Gasteiger partial charge in [-0.1, -0.05) is 30.3 Å². The molecule has 2 heterocycles. The van der Waals surface area contributed by atoms with E-state index in [9.17, 15) is 15.0 Å². The van der Waals surface area contributed by atoms with Crippen molar-refractivity contribution in [2.75, 3.05) is 5.73 Å². The Morgan fingerprint density at radius 1 is 1.23 bits per heavy atom. The van der Waals surface area contributed by atoms with E-state index < -0.39 is 30.2 Å². The van der Waals surface area contributed by atoms with E-state index >= 15 is 0 Å². The molecule has 1 saturated heterocycles. The summed E-state index contributed by atoms with van der Waals surface area (Å²) in [7, 11) is 0. The molecule has 1 aromatic carbocycles. The van der Waals surface area contributed by atoms with E-state index in [1.807, 2.05) is 30.3 Å². The third kappa shape index (κ3) is 2.71. The van der Waals surface area contributed by atoms with Crippen LogP contribution in [0, 0.1) is 0 Å². The highest BCUT2D eigenvalue weighted by atomic mass is 16.6. The van der Waals surface area contributed by atoms with Crippen molar-refractivity contribution in [1.29, 1.82) is 0 Å². The highest BCUT2D eigenvalue weighted by molar-refractivity contribution is 5.16. The number of hydrogen-bond acceptors (Lipinski definition) is 7. The summed E-state index contributed by atoms with van der Waals surface area (Å²) in [6, 6.07) is 9.44. The van der Waals surface area contributed by atoms with E-state index in [-0.39, 0.29) is 5.95 Å². The molecule has 1 unspecified atom stereocenters. The van der Waals surface area contributed by atoms with Crippen LogP contribution in [0.3, 0.4) is 0 Å². The van der Waals surface area contributed by atoms with Gasteiger partial charge in [0.05, 0.1) is 6.10 Å². The highest BCUT2D eigenvalue weighted by Crippen LogP contribution is 2.30. The molecule has 8 nitrogen and oxygen atoms in total. The molecule has 0 saturated carbocycles. The van der Waals surface area contributed by atoms with Crippen LogP contribution in [0.4, 0.5) is 5.95 Å². The van der Waals surface area contributed by atoms with Crippen molar-refractivity contribution in [3.8, 4) is 0 Å². The predicted molar refractivity (Wildman–Crippen MR) is 76.8 cm³/mol. The third-order valence-corrected chi connectivity index (χ3v) is 3.64. The Balaban J connectivity index is 1.82. The number of rotatable bonds is 3. The number of aliphatic hydroxyl groups excluding tert-OH is 2. The summed E-state index contributed by atoms with van der Waals surface area (Å²) in [5, 5.41) is 20.3. The quantitative estimate of drug-likeness (QED) is 0.670. The first-order valence-corrected chi connectivity index (χ1v) is 6.82. The first-order valence-electron chi connectivity index (χ1n) is 6.82. The minimum absolute atomic E-state index is 0.157. The molecule has 22 heavy (non-hydrogen) atoms. The molecule has 8 heteroatoms. The van der Waals surface area contributed by atoms with Crippen LogP contribution in [0.25, 0.3) is 0 Å². The summed E-state index contributed by atoms with van der Waals surface area (Å²) in [5.74, 6) is -0.157. The van der Waals surface area contributed by atoms with Gasteiger partial charge in [0.1, 0.15) is 18.5 Å². The molecule has 116 valence electrons. The topological polar surface area (TPSA) is 123 Å². The van der Waals surface area contributed by atoms with Gasteiger partial charge in [-0.25, -0.2) is 9.78 Å². The van der Waals surface area contributed by atoms with Crippen LogP contribution >= 0.6 is 0 Å². The zero-order chi connectivity index (χ0) is 15.7.